The molecule has 1 fully saturated rings. The van der Waals surface area contributed by atoms with Crippen LogP contribution in [0.15, 0.2) is 17.1 Å². The van der Waals surface area contributed by atoms with Gasteiger partial charge >= 0.3 is 0 Å². The van der Waals surface area contributed by atoms with Gasteiger partial charge in [0.15, 0.2) is 4.80 Å². The number of nitrogens with zero attached hydrogens (tertiary/aromatic N) is 3. The first-order valence-corrected chi connectivity index (χ1v) is 11.0. The summed E-state index contributed by atoms with van der Waals surface area (Å²) in [4.78, 5) is 17.5. The van der Waals surface area contributed by atoms with Crippen molar-refractivity contribution in [1.29, 1.82) is 0 Å². The second-order valence-corrected chi connectivity index (χ2v) is 9.85. The molecular formula is C16H20ClN3O3S2. The van der Waals surface area contributed by atoms with E-state index in [4.69, 9.17) is 11.6 Å². The number of thiazole rings is 1. The van der Waals surface area contributed by atoms with Crippen molar-refractivity contribution in [3.8, 4) is 0 Å². The highest BCUT2D eigenvalue weighted by Gasteiger charge is 2.30. The maximum atomic E-state index is 12.6. The van der Waals surface area contributed by atoms with Gasteiger partial charge in [0.25, 0.3) is 5.91 Å². The molecule has 1 aliphatic rings. The lowest BCUT2D eigenvalue weighted by molar-refractivity contribution is -0.122. The van der Waals surface area contributed by atoms with Crippen molar-refractivity contribution in [2.24, 2.45) is 18.0 Å². The molecule has 0 spiro atoms. The van der Waals surface area contributed by atoms with E-state index in [1.165, 1.54) is 21.9 Å². The normalized spacial score (nSPS) is 20.3. The summed E-state index contributed by atoms with van der Waals surface area (Å²) >= 11 is 7.52. The first kappa shape index (κ1) is 18.6. The van der Waals surface area contributed by atoms with Gasteiger partial charge in [0.2, 0.25) is 10.0 Å². The molecule has 1 aromatic carbocycles. The quantitative estimate of drug-likeness (QED) is 0.775. The Morgan fingerprint density at radius 3 is 2.80 bits per heavy atom. The number of carbonyl (C=O) groups is 1. The summed E-state index contributed by atoms with van der Waals surface area (Å²) in [7, 11) is -1.41. The number of aryl methyl sites for hydroxylation is 2. The largest absolute Gasteiger partial charge is 0.319 e. The predicted molar refractivity (Wildman–Crippen MR) is 100 cm³/mol. The van der Waals surface area contributed by atoms with E-state index < -0.39 is 15.9 Å². The maximum Gasteiger partial charge on any atom is 0.252 e. The second kappa shape index (κ2) is 6.83. The number of sulfonamides is 1. The molecule has 3 rings (SSSR count). The summed E-state index contributed by atoms with van der Waals surface area (Å²) in [6.07, 6.45) is 2.51. The Hall–Kier alpha value is -1.22. The Balaban J connectivity index is 1.95. The van der Waals surface area contributed by atoms with Crippen LogP contribution in [-0.4, -0.2) is 42.5 Å². The average Bonchev–Trinajstić information content (AvgIpc) is 2.82. The minimum Gasteiger partial charge on any atom is -0.319 e. The van der Waals surface area contributed by atoms with Crippen LogP contribution >= 0.6 is 22.9 Å². The fourth-order valence-corrected chi connectivity index (χ4v) is 5.59. The second-order valence-electron chi connectivity index (χ2n) is 6.42. The molecule has 0 radical (unpaired) electrons. The molecule has 25 heavy (non-hydrogen) atoms. The van der Waals surface area contributed by atoms with Gasteiger partial charge in [-0.05, 0) is 37.5 Å². The van der Waals surface area contributed by atoms with E-state index in [0.717, 1.165) is 15.8 Å². The third kappa shape index (κ3) is 3.81. The van der Waals surface area contributed by atoms with Crippen LogP contribution < -0.4 is 4.80 Å². The first-order chi connectivity index (χ1) is 11.7. The molecule has 1 atom stereocenters. The van der Waals surface area contributed by atoms with Crippen LogP contribution in [0.3, 0.4) is 0 Å². The van der Waals surface area contributed by atoms with Gasteiger partial charge in [-0.25, -0.2) is 12.7 Å². The van der Waals surface area contributed by atoms with Gasteiger partial charge in [-0.1, -0.05) is 22.9 Å². The van der Waals surface area contributed by atoms with Gasteiger partial charge in [0.05, 0.1) is 22.4 Å². The van der Waals surface area contributed by atoms with Crippen molar-refractivity contribution in [1.82, 2.24) is 8.87 Å². The molecule has 1 amide bonds. The average molecular weight is 402 g/mol. The lowest BCUT2D eigenvalue weighted by Gasteiger charge is -2.28. The molecule has 136 valence electrons. The summed E-state index contributed by atoms with van der Waals surface area (Å²) in [6.45, 7) is 2.65. The molecule has 9 heteroatoms. The molecule has 2 heterocycles. The Morgan fingerprint density at radius 1 is 1.40 bits per heavy atom. The van der Waals surface area contributed by atoms with Gasteiger partial charge < -0.3 is 4.57 Å². The molecule has 0 saturated carbocycles. The number of aromatic nitrogens is 1. The minimum absolute atomic E-state index is 0.209. The smallest absolute Gasteiger partial charge is 0.252 e. The fraction of sp³-hybridized carbons (Fsp3) is 0.500. The van der Waals surface area contributed by atoms with E-state index >= 15 is 0 Å². The van der Waals surface area contributed by atoms with Crippen molar-refractivity contribution in [3.05, 3.63) is 27.5 Å². The standard InChI is InChI=1S/C16H20ClN3O3S2/c1-10-7-12(17)8-13-14(10)19(2)16(24-13)18-15(21)11-5-4-6-20(9-11)25(3,22)23/h7-8,11H,4-6,9H2,1-3H3. The van der Waals surface area contributed by atoms with Crippen LogP contribution in [0.25, 0.3) is 10.2 Å². The number of carbonyl (C=O) groups excluding carboxylic acids is 1. The highest BCUT2D eigenvalue weighted by molar-refractivity contribution is 7.88. The maximum absolute atomic E-state index is 12.6. The van der Waals surface area contributed by atoms with E-state index in [-0.39, 0.29) is 12.5 Å². The number of benzene rings is 1. The number of hydrogen-bond acceptors (Lipinski definition) is 4. The molecule has 1 aliphatic heterocycles. The van der Waals surface area contributed by atoms with Crippen LogP contribution in [0.4, 0.5) is 0 Å². The topological polar surface area (TPSA) is 71.7 Å². The van der Waals surface area contributed by atoms with E-state index in [9.17, 15) is 13.2 Å². The highest BCUT2D eigenvalue weighted by Crippen LogP contribution is 2.25. The molecule has 1 saturated heterocycles. The third-order valence-electron chi connectivity index (χ3n) is 4.46. The number of rotatable bonds is 2. The van der Waals surface area contributed by atoms with E-state index in [0.29, 0.717) is 29.2 Å². The molecule has 0 bridgehead atoms. The predicted octanol–water partition coefficient (Wildman–Crippen LogP) is 2.30. The van der Waals surface area contributed by atoms with Crippen LogP contribution in [0, 0.1) is 12.8 Å². The van der Waals surface area contributed by atoms with Crippen molar-refractivity contribution in [2.75, 3.05) is 19.3 Å². The van der Waals surface area contributed by atoms with Gasteiger partial charge in [-0.15, -0.1) is 0 Å². The van der Waals surface area contributed by atoms with Gasteiger partial charge in [0.1, 0.15) is 0 Å². The van der Waals surface area contributed by atoms with E-state index in [1.807, 2.05) is 30.7 Å². The van der Waals surface area contributed by atoms with E-state index in [1.54, 1.807) is 0 Å². The summed E-state index contributed by atoms with van der Waals surface area (Å²) in [5.74, 6) is -0.655. The third-order valence-corrected chi connectivity index (χ3v) is 7.03. The van der Waals surface area contributed by atoms with Crippen LogP contribution in [0.5, 0.6) is 0 Å². The number of amides is 1. The van der Waals surface area contributed by atoms with Crippen LogP contribution in [0.1, 0.15) is 18.4 Å². The van der Waals surface area contributed by atoms with Gasteiger partial charge in [-0.2, -0.15) is 4.99 Å². The van der Waals surface area contributed by atoms with Crippen molar-refractivity contribution in [2.45, 2.75) is 19.8 Å². The van der Waals surface area contributed by atoms with Crippen molar-refractivity contribution in [3.63, 3.8) is 0 Å². The molecule has 2 aromatic rings. The van der Waals surface area contributed by atoms with Crippen molar-refractivity contribution < 1.29 is 13.2 Å². The van der Waals surface area contributed by atoms with Gasteiger partial charge in [0, 0.05) is 25.2 Å². The lowest BCUT2D eigenvalue weighted by Crippen LogP contribution is -2.41. The monoisotopic (exact) mass is 401 g/mol. The summed E-state index contributed by atoms with van der Waals surface area (Å²) < 4.78 is 27.7. The zero-order valence-corrected chi connectivity index (χ0v) is 16.7. The molecule has 1 aromatic heterocycles. The zero-order valence-electron chi connectivity index (χ0n) is 14.3. The number of fused-ring (bicyclic) bond motifs is 1. The molecular weight excluding hydrogens is 382 g/mol. The van der Waals surface area contributed by atoms with Gasteiger partial charge in [-0.3, -0.25) is 4.79 Å². The fourth-order valence-electron chi connectivity index (χ4n) is 3.20. The van der Waals surface area contributed by atoms with Crippen molar-refractivity contribution >= 4 is 49.1 Å². The lowest BCUT2D eigenvalue weighted by atomic mass is 9.99. The van der Waals surface area contributed by atoms with Crippen LogP contribution in [-0.2, 0) is 21.9 Å². The Morgan fingerprint density at radius 2 is 2.12 bits per heavy atom. The number of piperidine rings is 1. The number of hydrogen-bond donors (Lipinski definition) is 0. The highest BCUT2D eigenvalue weighted by atomic mass is 35.5. The Bertz CT molecular complexity index is 1010. The Labute approximate surface area is 155 Å². The molecule has 0 aliphatic carbocycles. The minimum atomic E-state index is -3.28. The zero-order chi connectivity index (χ0) is 18.4. The van der Waals surface area contributed by atoms with E-state index in [2.05, 4.69) is 4.99 Å². The molecule has 1 unspecified atom stereocenters. The molecule has 0 N–H and O–H groups in total. The summed E-state index contributed by atoms with van der Waals surface area (Å²) in [6, 6.07) is 3.75. The van der Waals surface area contributed by atoms with Crippen LogP contribution in [0.2, 0.25) is 5.02 Å². The summed E-state index contributed by atoms with van der Waals surface area (Å²) in [5, 5.41) is 0.654. The Kier molecular flexibility index (Phi) is 5.07. The summed E-state index contributed by atoms with van der Waals surface area (Å²) in [5.41, 5.74) is 2.03. The molecule has 6 nitrogen and oxygen atoms in total. The first-order valence-electron chi connectivity index (χ1n) is 7.96. The SMILES string of the molecule is Cc1cc(Cl)cc2sc(=NC(=O)C3CCCN(S(C)(=O)=O)C3)n(C)c12. The number of halogens is 1.